The second-order valence-electron chi connectivity index (χ2n) is 8.13. The maximum absolute atomic E-state index is 13.3. The molecule has 1 N–H and O–H groups in total. The summed E-state index contributed by atoms with van der Waals surface area (Å²) in [5.41, 5.74) is 4.09. The number of hydrogen-bond acceptors (Lipinski definition) is 7. The molecule has 2 heterocycles. The number of sulfonamides is 1. The number of nitrogens with one attached hydrogen (secondary N) is 1. The van der Waals surface area contributed by atoms with Crippen LogP contribution < -0.4 is 14.4 Å². The molecule has 1 aliphatic rings. The number of fused-ring (bicyclic) bond motifs is 2. The van der Waals surface area contributed by atoms with Crippen molar-refractivity contribution >= 4 is 44.4 Å². The standard InChI is InChI=1S/C24H22N4O4S2/c1-15-12-18-7-6-16(13-21(18)28(15)24(29)17-8-10-19(32-2)11-9-17)14-25-34(30,31)22-5-3-4-20-23(22)27-33-26-20/h3-11,13,15,25H,12,14H2,1-2H3/t15-/m0/s1. The molecular weight excluding hydrogens is 472 g/mol. The Morgan fingerprint density at radius 1 is 1.15 bits per heavy atom. The number of aromatic nitrogens is 2. The monoisotopic (exact) mass is 494 g/mol. The minimum absolute atomic E-state index is 0.00804. The molecule has 0 saturated carbocycles. The van der Waals surface area contributed by atoms with Gasteiger partial charge < -0.3 is 9.64 Å². The third kappa shape index (κ3) is 4.04. The van der Waals surface area contributed by atoms with Crippen LogP contribution in [0.5, 0.6) is 5.75 Å². The van der Waals surface area contributed by atoms with Gasteiger partial charge in [-0.25, -0.2) is 13.1 Å². The molecule has 5 rings (SSSR count). The van der Waals surface area contributed by atoms with Crippen LogP contribution in [0.3, 0.4) is 0 Å². The lowest BCUT2D eigenvalue weighted by molar-refractivity contribution is 0.0981. The van der Waals surface area contributed by atoms with Crippen molar-refractivity contribution in [2.24, 2.45) is 0 Å². The van der Waals surface area contributed by atoms with Gasteiger partial charge in [0.05, 0.1) is 18.8 Å². The van der Waals surface area contributed by atoms with Gasteiger partial charge in [-0.2, -0.15) is 8.75 Å². The fraction of sp³-hybridized carbons (Fsp3) is 0.208. The van der Waals surface area contributed by atoms with E-state index in [0.29, 0.717) is 22.3 Å². The van der Waals surface area contributed by atoms with Gasteiger partial charge >= 0.3 is 0 Å². The SMILES string of the molecule is COc1ccc(C(=O)N2c3cc(CNS(=O)(=O)c4cccc5nsnc45)ccc3C[C@@H]2C)cc1. The summed E-state index contributed by atoms with van der Waals surface area (Å²) in [5, 5.41) is 0. The first-order valence-electron chi connectivity index (χ1n) is 10.7. The zero-order chi connectivity index (χ0) is 23.9. The summed E-state index contributed by atoms with van der Waals surface area (Å²) < 4.78 is 42.0. The van der Waals surface area contributed by atoms with E-state index < -0.39 is 10.0 Å². The second kappa shape index (κ2) is 8.79. The van der Waals surface area contributed by atoms with Gasteiger partial charge in [0.2, 0.25) is 10.0 Å². The minimum Gasteiger partial charge on any atom is -0.497 e. The first kappa shape index (κ1) is 22.5. The Bertz CT molecular complexity index is 1480. The number of hydrogen-bond donors (Lipinski definition) is 1. The molecule has 0 bridgehead atoms. The summed E-state index contributed by atoms with van der Waals surface area (Å²) in [7, 11) is -2.21. The first-order valence-corrected chi connectivity index (χ1v) is 12.9. The van der Waals surface area contributed by atoms with Crippen molar-refractivity contribution in [1.82, 2.24) is 13.5 Å². The fourth-order valence-electron chi connectivity index (χ4n) is 4.20. The summed E-state index contributed by atoms with van der Waals surface area (Å²) >= 11 is 0.978. The van der Waals surface area contributed by atoms with Crippen molar-refractivity contribution in [2.75, 3.05) is 12.0 Å². The quantitative estimate of drug-likeness (QED) is 0.438. The van der Waals surface area contributed by atoms with Crippen LogP contribution in [-0.4, -0.2) is 36.2 Å². The molecular formula is C24H22N4O4S2. The number of methoxy groups -OCH3 is 1. The maximum Gasteiger partial charge on any atom is 0.258 e. The van der Waals surface area contributed by atoms with E-state index in [9.17, 15) is 13.2 Å². The molecule has 0 saturated heterocycles. The van der Waals surface area contributed by atoms with E-state index >= 15 is 0 Å². The molecule has 1 amide bonds. The van der Waals surface area contributed by atoms with Crippen molar-refractivity contribution in [1.29, 1.82) is 0 Å². The molecule has 0 radical (unpaired) electrons. The van der Waals surface area contributed by atoms with E-state index in [2.05, 4.69) is 13.5 Å². The van der Waals surface area contributed by atoms with Gasteiger partial charge in [-0.05, 0) is 66.9 Å². The average Bonchev–Trinajstić information content (AvgIpc) is 3.45. The third-order valence-corrected chi connectivity index (χ3v) is 7.90. The van der Waals surface area contributed by atoms with E-state index in [4.69, 9.17) is 4.74 Å². The molecule has 8 nitrogen and oxygen atoms in total. The highest BCUT2D eigenvalue weighted by Gasteiger charge is 2.32. The molecule has 10 heteroatoms. The van der Waals surface area contributed by atoms with Crippen LogP contribution in [0.25, 0.3) is 11.0 Å². The lowest BCUT2D eigenvalue weighted by atomic mass is 10.1. The second-order valence-corrected chi connectivity index (χ2v) is 10.4. The fourth-order valence-corrected chi connectivity index (χ4v) is 5.98. The molecule has 1 aliphatic heterocycles. The smallest absolute Gasteiger partial charge is 0.258 e. The number of anilines is 1. The van der Waals surface area contributed by atoms with E-state index in [1.165, 1.54) is 6.07 Å². The van der Waals surface area contributed by atoms with Crippen molar-refractivity contribution in [3.8, 4) is 5.75 Å². The number of benzene rings is 3. The molecule has 34 heavy (non-hydrogen) atoms. The summed E-state index contributed by atoms with van der Waals surface area (Å²) in [6.45, 7) is 2.09. The van der Waals surface area contributed by atoms with Gasteiger partial charge in [-0.3, -0.25) is 4.79 Å². The lowest BCUT2D eigenvalue weighted by Gasteiger charge is -2.23. The van der Waals surface area contributed by atoms with Crippen LogP contribution >= 0.6 is 11.7 Å². The predicted molar refractivity (Wildman–Crippen MR) is 131 cm³/mol. The molecule has 1 aromatic heterocycles. The summed E-state index contributed by atoms with van der Waals surface area (Å²) in [6.07, 6.45) is 0.738. The molecule has 3 aromatic carbocycles. The molecule has 0 spiro atoms. The van der Waals surface area contributed by atoms with Crippen molar-refractivity contribution in [3.63, 3.8) is 0 Å². The average molecular weight is 495 g/mol. The number of carbonyl (C=O) groups is 1. The summed E-state index contributed by atoms with van der Waals surface area (Å²) in [6, 6.07) is 17.6. The molecule has 0 unspecified atom stereocenters. The number of amides is 1. The van der Waals surface area contributed by atoms with Crippen molar-refractivity contribution in [3.05, 3.63) is 77.4 Å². The van der Waals surface area contributed by atoms with Crippen LogP contribution in [0, 0.1) is 0 Å². The predicted octanol–water partition coefficient (Wildman–Crippen LogP) is 3.77. The van der Waals surface area contributed by atoms with E-state index in [1.54, 1.807) is 48.4 Å². The summed E-state index contributed by atoms with van der Waals surface area (Å²) in [4.78, 5) is 15.2. The van der Waals surface area contributed by atoms with E-state index in [1.807, 2.05) is 25.1 Å². The van der Waals surface area contributed by atoms with Gasteiger partial charge in [-0.1, -0.05) is 18.2 Å². The van der Waals surface area contributed by atoms with Crippen molar-refractivity contribution < 1.29 is 17.9 Å². The molecule has 174 valence electrons. The Morgan fingerprint density at radius 2 is 1.94 bits per heavy atom. The molecule has 0 aliphatic carbocycles. The number of rotatable bonds is 6. The van der Waals surface area contributed by atoms with Crippen molar-refractivity contribution in [2.45, 2.75) is 30.8 Å². The highest BCUT2D eigenvalue weighted by molar-refractivity contribution is 7.89. The largest absolute Gasteiger partial charge is 0.497 e. The normalized spacial score (nSPS) is 15.5. The van der Waals surface area contributed by atoms with E-state index in [0.717, 1.165) is 35.0 Å². The van der Waals surface area contributed by atoms with E-state index in [-0.39, 0.29) is 23.4 Å². The molecule has 1 atom stereocenters. The minimum atomic E-state index is -3.80. The Kier molecular flexibility index (Phi) is 5.80. The van der Waals surface area contributed by atoms with Crippen LogP contribution in [0.15, 0.2) is 65.6 Å². The zero-order valence-corrected chi connectivity index (χ0v) is 20.2. The van der Waals surface area contributed by atoms with Gasteiger partial charge in [0.1, 0.15) is 21.7 Å². The number of carbonyl (C=O) groups excluding carboxylic acids is 1. The van der Waals surface area contributed by atoms with Crippen LogP contribution in [0.2, 0.25) is 0 Å². The van der Waals surface area contributed by atoms with Gasteiger partial charge in [0.15, 0.2) is 0 Å². The first-order chi connectivity index (χ1) is 16.4. The highest BCUT2D eigenvalue weighted by Crippen LogP contribution is 2.34. The molecule has 0 fully saturated rings. The van der Waals surface area contributed by atoms with Gasteiger partial charge in [-0.15, -0.1) is 0 Å². The van der Waals surface area contributed by atoms with Gasteiger partial charge in [0.25, 0.3) is 5.91 Å². The topological polar surface area (TPSA) is 101 Å². The summed E-state index contributed by atoms with van der Waals surface area (Å²) in [5.74, 6) is 0.583. The zero-order valence-electron chi connectivity index (χ0n) is 18.6. The third-order valence-electron chi connectivity index (χ3n) is 5.93. The Labute approximate surface area is 201 Å². The number of nitrogens with zero attached hydrogens (tertiary/aromatic N) is 3. The Hall–Kier alpha value is -3.34. The van der Waals surface area contributed by atoms with Crippen LogP contribution in [-0.2, 0) is 23.0 Å². The highest BCUT2D eigenvalue weighted by atomic mass is 32.2. The Balaban J connectivity index is 1.39. The van der Waals surface area contributed by atoms with Crippen LogP contribution in [0.1, 0.15) is 28.4 Å². The maximum atomic E-state index is 13.3. The Morgan fingerprint density at radius 3 is 2.71 bits per heavy atom. The van der Waals surface area contributed by atoms with Gasteiger partial charge in [0, 0.05) is 23.8 Å². The number of ether oxygens (including phenoxy) is 1. The lowest BCUT2D eigenvalue weighted by Crippen LogP contribution is -2.35. The molecule has 4 aromatic rings. The van der Waals surface area contributed by atoms with Crippen LogP contribution in [0.4, 0.5) is 5.69 Å².